The van der Waals surface area contributed by atoms with E-state index in [4.69, 9.17) is 5.11 Å². The van der Waals surface area contributed by atoms with Crippen molar-refractivity contribution < 1.29 is 22.7 Å². The van der Waals surface area contributed by atoms with Crippen molar-refractivity contribution in [3.63, 3.8) is 0 Å². The molecular formula is C13H17FN2O4S. The van der Waals surface area contributed by atoms with Crippen LogP contribution in [-0.2, 0) is 15.0 Å². The molecule has 116 valence electrons. The molecule has 0 spiro atoms. The molecule has 1 rings (SSSR count). The van der Waals surface area contributed by atoms with Crippen molar-refractivity contribution in [2.45, 2.75) is 19.9 Å². The highest BCUT2D eigenvalue weighted by Crippen LogP contribution is 2.18. The van der Waals surface area contributed by atoms with Gasteiger partial charge in [-0.3, -0.25) is 4.72 Å². The second-order valence-electron chi connectivity index (χ2n) is 4.62. The number of rotatable bonds is 6. The van der Waals surface area contributed by atoms with E-state index in [1.807, 2.05) is 0 Å². The molecule has 0 unspecified atom stereocenters. The van der Waals surface area contributed by atoms with Gasteiger partial charge in [0.1, 0.15) is 5.82 Å². The number of nitrogens with zero attached hydrogens (tertiary/aromatic N) is 1. The highest BCUT2D eigenvalue weighted by atomic mass is 32.2. The van der Waals surface area contributed by atoms with Crippen molar-refractivity contribution >= 4 is 27.9 Å². The van der Waals surface area contributed by atoms with Gasteiger partial charge >= 0.3 is 16.2 Å². The van der Waals surface area contributed by atoms with Gasteiger partial charge in [-0.1, -0.05) is 0 Å². The first-order chi connectivity index (χ1) is 9.63. The first kappa shape index (κ1) is 17.1. The van der Waals surface area contributed by atoms with Gasteiger partial charge < -0.3 is 5.11 Å². The molecule has 0 bridgehead atoms. The van der Waals surface area contributed by atoms with Crippen molar-refractivity contribution in [1.82, 2.24) is 4.31 Å². The summed E-state index contributed by atoms with van der Waals surface area (Å²) in [5.74, 6) is -1.92. The lowest BCUT2D eigenvalue weighted by Crippen LogP contribution is -2.37. The number of nitrogens with one attached hydrogen (secondary N) is 1. The number of hydrogen-bond acceptors (Lipinski definition) is 3. The fraction of sp³-hybridized carbons (Fsp3) is 0.308. The average Bonchev–Trinajstić information content (AvgIpc) is 2.36. The molecule has 8 heteroatoms. The van der Waals surface area contributed by atoms with E-state index in [0.29, 0.717) is 0 Å². The third-order valence-corrected chi connectivity index (χ3v) is 4.43. The predicted octanol–water partition coefficient (Wildman–Crippen LogP) is 1.92. The van der Waals surface area contributed by atoms with Crippen molar-refractivity contribution in [1.29, 1.82) is 0 Å². The zero-order valence-electron chi connectivity index (χ0n) is 11.9. The molecule has 0 amide bonds. The minimum absolute atomic E-state index is 0.0533. The van der Waals surface area contributed by atoms with Crippen molar-refractivity contribution in [2.24, 2.45) is 0 Å². The van der Waals surface area contributed by atoms with Crippen molar-refractivity contribution in [3.8, 4) is 0 Å². The van der Waals surface area contributed by atoms with E-state index >= 15 is 0 Å². The SMILES string of the molecule is CC(C)N(C)S(=O)(=O)Nc1ccc(C=CC(=O)O)c(F)c1. The quantitative estimate of drug-likeness (QED) is 0.785. The average molecular weight is 316 g/mol. The fourth-order valence-electron chi connectivity index (χ4n) is 1.39. The van der Waals surface area contributed by atoms with Gasteiger partial charge in [-0.25, -0.2) is 9.18 Å². The summed E-state index contributed by atoms with van der Waals surface area (Å²) in [7, 11) is -2.35. The summed E-state index contributed by atoms with van der Waals surface area (Å²) < 4.78 is 41.0. The van der Waals surface area contributed by atoms with Gasteiger partial charge in [0.25, 0.3) is 0 Å². The maximum absolute atomic E-state index is 13.7. The summed E-state index contributed by atoms with van der Waals surface area (Å²) in [6.45, 7) is 3.42. The molecule has 0 heterocycles. The maximum Gasteiger partial charge on any atom is 0.328 e. The summed E-state index contributed by atoms with van der Waals surface area (Å²) in [4.78, 5) is 10.4. The highest BCUT2D eigenvalue weighted by Gasteiger charge is 2.20. The molecule has 2 N–H and O–H groups in total. The van der Waals surface area contributed by atoms with E-state index in [0.717, 1.165) is 22.5 Å². The normalized spacial score (nSPS) is 12.3. The van der Waals surface area contributed by atoms with Gasteiger partial charge in [0.2, 0.25) is 0 Å². The molecule has 0 aliphatic heterocycles. The van der Waals surface area contributed by atoms with E-state index in [-0.39, 0.29) is 17.3 Å². The van der Waals surface area contributed by atoms with Gasteiger partial charge in [-0.2, -0.15) is 12.7 Å². The Morgan fingerprint density at radius 1 is 1.43 bits per heavy atom. The molecule has 0 aromatic heterocycles. The van der Waals surface area contributed by atoms with Gasteiger partial charge in [0.05, 0.1) is 5.69 Å². The van der Waals surface area contributed by atoms with Crippen molar-refractivity contribution in [2.75, 3.05) is 11.8 Å². The standard InChI is InChI=1S/C13H17FN2O4S/c1-9(2)16(3)21(19,20)15-11-6-4-10(12(14)8-11)5-7-13(17)18/h4-9,15H,1-3H3,(H,17,18). The molecule has 0 aliphatic carbocycles. The lowest BCUT2D eigenvalue weighted by Gasteiger charge is -2.21. The van der Waals surface area contributed by atoms with Crippen LogP contribution in [0.25, 0.3) is 6.08 Å². The third kappa shape index (κ3) is 4.83. The second kappa shape index (κ2) is 6.68. The van der Waals surface area contributed by atoms with Crippen LogP contribution >= 0.6 is 0 Å². The number of halogens is 1. The van der Waals surface area contributed by atoms with E-state index < -0.39 is 22.0 Å². The summed E-state index contributed by atoms with van der Waals surface area (Å²) in [5.41, 5.74) is 0.116. The van der Waals surface area contributed by atoms with Crippen LogP contribution in [0.3, 0.4) is 0 Å². The maximum atomic E-state index is 13.7. The number of anilines is 1. The van der Waals surface area contributed by atoms with Crippen LogP contribution in [0, 0.1) is 5.82 Å². The van der Waals surface area contributed by atoms with Gasteiger partial charge in [0, 0.05) is 24.7 Å². The van der Waals surface area contributed by atoms with E-state index in [1.54, 1.807) is 13.8 Å². The van der Waals surface area contributed by atoms with E-state index in [9.17, 15) is 17.6 Å². The summed E-state index contributed by atoms with van der Waals surface area (Å²) >= 11 is 0. The summed E-state index contributed by atoms with van der Waals surface area (Å²) in [6, 6.07) is 3.40. The topological polar surface area (TPSA) is 86.7 Å². The van der Waals surface area contributed by atoms with Gasteiger partial charge in [-0.15, -0.1) is 0 Å². The Bertz CT molecular complexity index is 656. The number of carboxylic acids is 1. The molecule has 0 saturated carbocycles. The molecule has 0 saturated heterocycles. The minimum atomic E-state index is -3.76. The molecular weight excluding hydrogens is 299 g/mol. The third-order valence-electron chi connectivity index (χ3n) is 2.76. The lowest BCUT2D eigenvalue weighted by atomic mass is 10.2. The molecule has 1 aromatic rings. The Morgan fingerprint density at radius 3 is 2.52 bits per heavy atom. The number of carbonyl (C=O) groups is 1. The zero-order valence-corrected chi connectivity index (χ0v) is 12.7. The van der Waals surface area contributed by atoms with E-state index in [2.05, 4.69) is 4.72 Å². The number of carboxylic acid groups (broad SMARTS) is 1. The Kier molecular flexibility index (Phi) is 5.45. The van der Waals surface area contributed by atoms with Crippen LogP contribution < -0.4 is 4.72 Å². The van der Waals surface area contributed by atoms with Crippen LogP contribution in [0.2, 0.25) is 0 Å². The van der Waals surface area contributed by atoms with Crippen LogP contribution in [0.1, 0.15) is 19.4 Å². The van der Waals surface area contributed by atoms with Crippen LogP contribution in [-0.4, -0.2) is 36.9 Å². The van der Waals surface area contributed by atoms with Gasteiger partial charge in [-0.05, 0) is 38.1 Å². The molecule has 6 nitrogen and oxygen atoms in total. The van der Waals surface area contributed by atoms with E-state index in [1.165, 1.54) is 19.2 Å². The van der Waals surface area contributed by atoms with Crippen LogP contribution in [0.15, 0.2) is 24.3 Å². The van der Waals surface area contributed by atoms with Crippen molar-refractivity contribution in [3.05, 3.63) is 35.7 Å². The Morgan fingerprint density at radius 2 is 2.05 bits per heavy atom. The first-order valence-electron chi connectivity index (χ1n) is 6.10. The van der Waals surface area contributed by atoms with Gasteiger partial charge in [0.15, 0.2) is 0 Å². The Balaban J connectivity index is 2.98. The Labute approximate surface area is 123 Å². The molecule has 1 aromatic carbocycles. The second-order valence-corrected chi connectivity index (χ2v) is 6.36. The number of hydrogen-bond donors (Lipinski definition) is 2. The molecule has 0 atom stereocenters. The number of aliphatic carboxylic acids is 1. The van der Waals surface area contributed by atoms with Crippen LogP contribution in [0.5, 0.6) is 0 Å². The largest absolute Gasteiger partial charge is 0.478 e. The summed E-state index contributed by atoms with van der Waals surface area (Å²) in [6.07, 6.45) is 1.89. The monoisotopic (exact) mass is 316 g/mol. The number of benzene rings is 1. The molecule has 0 fully saturated rings. The zero-order chi connectivity index (χ0) is 16.2. The predicted molar refractivity (Wildman–Crippen MR) is 78.5 cm³/mol. The highest BCUT2D eigenvalue weighted by molar-refractivity contribution is 7.90. The smallest absolute Gasteiger partial charge is 0.328 e. The Hall–Kier alpha value is -1.93. The fourth-order valence-corrected chi connectivity index (χ4v) is 2.51. The lowest BCUT2D eigenvalue weighted by molar-refractivity contribution is -0.131. The molecule has 0 aliphatic rings. The first-order valence-corrected chi connectivity index (χ1v) is 7.54. The minimum Gasteiger partial charge on any atom is -0.478 e. The van der Waals surface area contributed by atoms with Crippen LogP contribution in [0.4, 0.5) is 10.1 Å². The molecule has 21 heavy (non-hydrogen) atoms. The molecule has 0 radical (unpaired) electrons. The summed E-state index contributed by atoms with van der Waals surface area (Å²) in [5, 5.41) is 8.48.